The minimum atomic E-state index is -0.492. The van der Waals surface area contributed by atoms with Crippen molar-refractivity contribution in [3.63, 3.8) is 0 Å². The van der Waals surface area contributed by atoms with Gasteiger partial charge in [-0.25, -0.2) is 4.39 Å². The molecule has 0 bridgehead atoms. The van der Waals surface area contributed by atoms with Gasteiger partial charge < -0.3 is 4.90 Å². The van der Waals surface area contributed by atoms with E-state index in [4.69, 9.17) is 5.26 Å². The largest absolute Gasteiger partial charge is 0.338 e. The highest BCUT2D eigenvalue weighted by Crippen LogP contribution is 2.15. The van der Waals surface area contributed by atoms with Crippen LogP contribution in [0.1, 0.15) is 29.3 Å². The van der Waals surface area contributed by atoms with Crippen molar-refractivity contribution in [2.24, 2.45) is 0 Å². The van der Waals surface area contributed by atoms with Gasteiger partial charge in [0.1, 0.15) is 5.82 Å². The van der Waals surface area contributed by atoms with E-state index in [9.17, 15) is 9.18 Å². The summed E-state index contributed by atoms with van der Waals surface area (Å²) in [6.45, 7) is 3.37. The van der Waals surface area contributed by atoms with E-state index in [1.54, 1.807) is 33.0 Å². The van der Waals surface area contributed by atoms with Crippen molar-refractivity contribution in [3.05, 3.63) is 35.1 Å². The predicted octanol–water partition coefficient (Wildman–Crippen LogP) is 2.51. The molecule has 90 valence electrons. The van der Waals surface area contributed by atoms with Crippen LogP contribution in [0.3, 0.4) is 0 Å². The third kappa shape index (κ3) is 2.82. The molecule has 0 saturated heterocycles. The first-order valence-electron chi connectivity index (χ1n) is 5.38. The summed E-state index contributed by atoms with van der Waals surface area (Å²) in [5.74, 6) is -0.887. The Morgan fingerprint density at radius 1 is 1.59 bits per heavy atom. The number of carbonyl (C=O) groups is 1. The summed E-state index contributed by atoms with van der Waals surface area (Å²) < 4.78 is 13.7. The molecule has 0 spiro atoms. The molecule has 0 saturated carbocycles. The third-order valence-electron chi connectivity index (χ3n) is 2.79. The van der Waals surface area contributed by atoms with E-state index in [2.05, 4.69) is 0 Å². The molecule has 0 aliphatic rings. The van der Waals surface area contributed by atoms with Crippen LogP contribution >= 0.6 is 0 Å². The first-order chi connectivity index (χ1) is 7.99. The van der Waals surface area contributed by atoms with Crippen molar-refractivity contribution in [2.45, 2.75) is 26.3 Å². The van der Waals surface area contributed by atoms with E-state index in [1.807, 2.05) is 6.07 Å². The first kappa shape index (κ1) is 13.2. The van der Waals surface area contributed by atoms with Crippen molar-refractivity contribution in [1.29, 1.82) is 5.26 Å². The van der Waals surface area contributed by atoms with Crippen molar-refractivity contribution < 1.29 is 9.18 Å². The van der Waals surface area contributed by atoms with E-state index < -0.39 is 11.7 Å². The van der Waals surface area contributed by atoms with Gasteiger partial charge in [-0.05, 0) is 25.5 Å². The van der Waals surface area contributed by atoms with Crippen LogP contribution in [0.15, 0.2) is 18.2 Å². The molecule has 1 aromatic rings. The van der Waals surface area contributed by atoms with Crippen LogP contribution in [0.4, 0.5) is 4.39 Å². The number of rotatable bonds is 3. The highest BCUT2D eigenvalue weighted by molar-refractivity contribution is 5.94. The van der Waals surface area contributed by atoms with Crippen LogP contribution in [0.5, 0.6) is 0 Å². The van der Waals surface area contributed by atoms with Crippen LogP contribution in [-0.2, 0) is 0 Å². The Balaban J connectivity index is 2.97. The van der Waals surface area contributed by atoms with Crippen LogP contribution in [0.2, 0.25) is 0 Å². The van der Waals surface area contributed by atoms with Crippen LogP contribution < -0.4 is 0 Å². The fourth-order valence-electron chi connectivity index (χ4n) is 1.47. The van der Waals surface area contributed by atoms with Crippen LogP contribution in [0, 0.1) is 24.1 Å². The zero-order valence-corrected chi connectivity index (χ0v) is 10.2. The molecule has 4 heteroatoms. The number of nitriles is 1. The van der Waals surface area contributed by atoms with Crippen molar-refractivity contribution in [1.82, 2.24) is 4.90 Å². The molecule has 0 N–H and O–H groups in total. The summed E-state index contributed by atoms with van der Waals surface area (Å²) in [6, 6.07) is 6.49. The predicted molar refractivity (Wildman–Crippen MR) is 62.9 cm³/mol. The molecule has 1 atom stereocenters. The van der Waals surface area contributed by atoms with Gasteiger partial charge in [0, 0.05) is 13.1 Å². The summed E-state index contributed by atoms with van der Waals surface area (Å²) in [5.41, 5.74) is 0.495. The Hall–Kier alpha value is -1.89. The molecule has 0 heterocycles. The maximum Gasteiger partial charge on any atom is 0.256 e. The molecule has 0 aliphatic heterocycles. The van der Waals surface area contributed by atoms with Crippen molar-refractivity contribution >= 4 is 5.91 Å². The summed E-state index contributed by atoms with van der Waals surface area (Å²) >= 11 is 0. The lowest BCUT2D eigenvalue weighted by Crippen LogP contribution is -2.35. The third-order valence-corrected chi connectivity index (χ3v) is 2.79. The molecule has 3 nitrogen and oxygen atoms in total. The standard InChI is InChI=1S/C13H15FN2O/c1-9-5-4-6-11(12(9)14)13(17)16(3)10(2)7-8-15/h4-6,10H,7H2,1-3H3. The highest BCUT2D eigenvalue weighted by Gasteiger charge is 2.20. The lowest BCUT2D eigenvalue weighted by atomic mass is 10.1. The maximum absolute atomic E-state index is 13.7. The van der Waals surface area contributed by atoms with Gasteiger partial charge in [0.2, 0.25) is 0 Å². The number of nitrogens with zero attached hydrogens (tertiary/aromatic N) is 2. The summed E-state index contributed by atoms with van der Waals surface area (Å²) in [5, 5.41) is 8.57. The second kappa shape index (κ2) is 5.44. The molecule has 1 unspecified atom stereocenters. The second-order valence-corrected chi connectivity index (χ2v) is 4.06. The lowest BCUT2D eigenvalue weighted by molar-refractivity contribution is 0.0741. The first-order valence-corrected chi connectivity index (χ1v) is 5.38. The molecular formula is C13H15FN2O. The second-order valence-electron chi connectivity index (χ2n) is 4.06. The van der Waals surface area contributed by atoms with Crippen LogP contribution in [0.25, 0.3) is 0 Å². The molecule has 17 heavy (non-hydrogen) atoms. The average Bonchev–Trinajstić information content (AvgIpc) is 2.31. The number of benzene rings is 1. The Morgan fingerprint density at radius 3 is 2.82 bits per heavy atom. The van der Waals surface area contributed by atoms with E-state index in [0.29, 0.717) is 5.56 Å². The fraction of sp³-hybridized carbons (Fsp3) is 0.385. The van der Waals surface area contributed by atoms with Gasteiger partial charge in [0.25, 0.3) is 5.91 Å². The minimum Gasteiger partial charge on any atom is -0.338 e. The molecular weight excluding hydrogens is 219 g/mol. The van der Waals surface area contributed by atoms with Crippen LogP contribution in [-0.4, -0.2) is 23.9 Å². The SMILES string of the molecule is Cc1cccc(C(=O)N(C)C(C)CC#N)c1F. The Kier molecular flexibility index (Phi) is 4.22. The van der Waals surface area contributed by atoms with Crippen molar-refractivity contribution in [3.8, 4) is 6.07 Å². The zero-order valence-electron chi connectivity index (χ0n) is 10.2. The van der Waals surface area contributed by atoms with E-state index in [-0.39, 0.29) is 18.0 Å². The topological polar surface area (TPSA) is 44.1 Å². The quantitative estimate of drug-likeness (QED) is 0.806. The zero-order chi connectivity index (χ0) is 13.0. The van der Waals surface area contributed by atoms with E-state index in [1.165, 1.54) is 11.0 Å². The lowest BCUT2D eigenvalue weighted by Gasteiger charge is -2.23. The number of aryl methyl sites for hydroxylation is 1. The Labute approximate surface area is 100 Å². The summed E-state index contributed by atoms with van der Waals surface area (Å²) in [4.78, 5) is 13.4. The average molecular weight is 234 g/mol. The van der Waals surface area contributed by atoms with Gasteiger partial charge in [-0.2, -0.15) is 5.26 Å². The van der Waals surface area contributed by atoms with Gasteiger partial charge in [-0.15, -0.1) is 0 Å². The fourth-order valence-corrected chi connectivity index (χ4v) is 1.47. The Bertz CT molecular complexity index is 465. The molecule has 1 rings (SSSR count). The van der Waals surface area contributed by atoms with Crippen molar-refractivity contribution in [2.75, 3.05) is 7.05 Å². The molecule has 0 aromatic heterocycles. The molecule has 0 aliphatic carbocycles. The summed E-state index contributed by atoms with van der Waals surface area (Å²) in [6.07, 6.45) is 0.232. The van der Waals surface area contributed by atoms with Gasteiger partial charge in [-0.3, -0.25) is 4.79 Å². The molecule has 1 amide bonds. The molecule has 0 radical (unpaired) electrons. The molecule has 0 fully saturated rings. The number of hydrogen-bond acceptors (Lipinski definition) is 2. The number of amides is 1. The van der Waals surface area contributed by atoms with E-state index >= 15 is 0 Å². The minimum absolute atomic E-state index is 0.0530. The molecule has 1 aromatic carbocycles. The monoisotopic (exact) mass is 234 g/mol. The van der Waals surface area contributed by atoms with Gasteiger partial charge >= 0.3 is 0 Å². The van der Waals surface area contributed by atoms with E-state index in [0.717, 1.165) is 0 Å². The maximum atomic E-state index is 13.7. The Morgan fingerprint density at radius 2 is 2.24 bits per heavy atom. The smallest absolute Gasteiger partial charge is 0.256 e. The number of carbonyl (C=O) groups excluding carboxylic acids is 1. The van der Waals surface area contributed by atoms with Gasteiger partial charge in [0.15, 0.2) is 0 Å². The van der Waals surface area contributed by atoms with Gasteiger partial charge in [0.05, 0.1) is 18.1 Å². The highest BCUT2D eigenvalue weighted by atomic mass is 19.1. The van der Waals surface area contributed by atoms with Gasteiger partial charge in [-0.1, -0.05) is 12.1 Å². The normalized spacial score (nSPS) is 11.7. The number of hydrogen-bond donors (Lipinski definition) is 0. The summed E-state index contributed by atoms with van der Waals surface area (Å²) in [7, 11) is 1.58. The number of halogens is 1.